The lowest BCUT2D eigenvalue weighted by Crippen LogP contribution is -2.25. The fraction of sp³-hybridized carbons (Fsp3) is 0.267. The van der Waals surface area contributed by atoms with Gasteiger partial charge < -0.3 is 20.8 Å². The van der Waals surface area contributed by atoms with Crippen LogP contribution in [0.5, 0.6) is 5.75 Å². The van der Waals surface area contributed by atoms with Gasteiger partial charge in [0, 0.05) is 23.9 Å². The van der Waals surface area contributed by atoms with E-state index in [4.69, 9.17) is 17.4 Å². The Bertz CT molecular complexity index is 841. The Hall–Kier alpha value is -2.54. The van der Waals surface area contributed by atoms with Gasteiger partial charge in [-0.3, -0.25) is 9.59 Å². The lowest BCUT2D eigenvalue weighted by Gasteiger charge is -2.16. The van der Waals surface area contributed by atoms with Gasteiger partial charge in [0.15, 0.2) is 5.78 Å². The largest absolute Gasteiger partial charge is 0.506 e. The van der Waals surface area contributed by atoms with E-state index < -0.39 is 5.91 Å². The van der Waals surface area contributed by atoms with Crippen molar-refractivity contribution in [3.63, 3.8) is 0 Å². The third-order valence-corrected chi connectivity index (χ3v) is 4.33. The molecule has 0 saturated carbocycles. The first-order chi connectivity index (χ1) is 11.0. The van der Waals surface area contributed by atoms with E-state index in [1.807, 2.05) is 0 Å². The van der Waals surface area contributed by atoms with Crippen molar-refractivity contribution < 1.29 is 14.7 Å². The molecule has 2 aromatic rings. The van der Waals surface area contributed by atoms with E-state index in [9.17, 15) is 14.7 Å². The van der Waals surface area contributed by atoms with Crippen molar-refractivity contribution >= 4 is 40.5 Å². The Labute approximate surface area is 136 Å². The van der Waals surface area contributed by atoms with Crippen molar-refractivity contribution in [3.8, 4) is 5.75 Å². The molecule has 2 heterocycles. The Morgan fingerprint density at radius 2 is 2.22 bits per heavy atom. The van der Waals surface area contributed by atoms with Crippen molar-refractivity contribution in [2.24, 2.45) is 10.9 Å². The number of aromatic hydroxyl groups is 1. The number of rotatable bonds is 2. The van der Waals surface area contributed by atoms with Gasteiger partial charge in [0.2, 0.25) is 0 Å². The number of nitrogens with zero attached hydrogens (tertiary/aromatic N) is 2. The summed E-state index contributed by atoms with van der Waals surface area (Å²) in [6.07, 6.45) is 2.97. The summed E-state index contributed by atoms with van der Waals surface area (Å²) >= 11 is 6.16. The van der Waals surface area contributed by atoms with Gasteiger partial charge in [-0.25, -0.2) is 0 Å². The molecular weight excluding hydrogens is 320 g/mol. The summed E-state index contributed by atoms with van der Waals surface area (Å²) in [6, 6.07) is 2.94. The molecule has 0 bridgehead atoms. The highest BCUT2D eigenvalue weighted by molar-refractivity contribution is 6.38. The average Bonchev–Trinajstić information content (AvgIpc) is 2.90. The topological polar surface area (TPSA) is 110 Å². The second kappa shape index (κ2) is 5.92. The molecule has 0 saturated heterocycles. The van der Waals surface area contributed by atoms with Crippen molar-refractivity contribution in [3.05, 3.63) is 28.4 Å². The number of Topliss-reactive ketones (excluding diaryl/α,β-unsaturated/α-hetero) is 1. The fourth-order valence-corrected chi connectivity index (χ4v) is 3.10. The molecule has 0 unspecified atom stereocenters. The van der Waals surface area contributed by atoms with Crippen LogP contribution in [0, 0.1) is 0 Å². The molecule has 0 atom stereocenters. The number of benzene rings is 1. The summed E-state index contributed by atoms with van der Waals surface area (Å²) in [6.45, 7) is 0.577. The van der Waals surface area contributed by atoms with Crippen LogP contribution < -0.4 is 11.2 Å². The van der Waals surface area contributed by atoms with Crippen LogP contribution in [-0.4, -0.2) is 27.7 Å². The predicted molar refractivity (Wildman–Crippen MR) is 86.9 cm³/mol. The molecule has 23 heavy (non-hydrogen) atoms. The number of hydrazone groups is 1. The van der Waals surface area contributed by atoms with Crippen LogP contribution in [0.25, 0.3) is 10.9 Å². The van der Waals surface area contributed by atoms with Crippen LogP contribution >= 0.6 is 11.6 Å². The minimum atomic E-state index is -0.412. The molecule has 7 nitrogen and oxygen atoms in total. The molecule has 1 aliphatic rings. The predicted octanol–water partition coefficient (Wildman–Crippen LogP) is 2.00. The molecule has 1 aromatic heterocycles. The first kappa shape index (κ1) is 15.4. The zero-order valence-electron chi connectivity index (χ0n) is 12.2. The monoisotopic (exact) mass is 334 g/mol. The standard InChI is InChI=1S/C15H15ClN4O3/c16-13-9-5-10(15(23)18-7-19-17)20-4-2-1-3-11(21)8(14(9)20)6-12(13)22/h5-7,22H,1-4,17H2,(H,18,19,23). The van der Waals surface area contributed by atoms with Crippen LogP contribution in [0.4, 0.5) is 0 Å². The highest BCUT2D eigenvalue weighted by Gasteiger charge is 2.25. The number of nitrogens with one attached hydrogen (secondary N) is 1. The summed E-state index contributed by atoms with van der Waals surface area (Å²) in [5.74, 6) is 4.34. The number of amides is 1. The Morgan fingerprint density at radius 3 is 2.96 bits per heavy atom. The summed E-state index contributed by atoms with van der Waals surface area (Å²) in [5, 5.41) is 16.3. The zero-order chi connectivity index (χ0) is 16.6. The normalized spacial score (nSPS) is 14.9. The lowest BCUT2D eigenvalue weighted by molar-refractivity contribution is 0.0958. The molecule has 1 aromatic carbocycles. The van der Waals surface area contributed by atoms with E-state index in [1.54, 1.807) is 10.6 Å². The van der Waals surface area contributed by atoms with Gasteiger partial charge in [-0.15, -0.1) is 0 Å². The smallest absolute Gasteiger partial charge is 0.273 e. The van der Waals surface area contributed by atoms with Crippen LogP contribution in [0.15, 0.2) is 17.2 Å². The molecule has 120 valence electrons. The maximum atomic E-state index is 12.4. The van der Waals surface area contributed by atoms with Gasteiger partial charge in [0.05, 0.1) is 10.5 Å². The Morgan fingerprint density at radius 1 is 1.43 bits per heavy atom. The number of carbonyl (C=O) groups is 2. The Kier molecular flexibility index (Phi) is 3.96. The second-order valence-electron chi connectivity index (χ2n) is 5.33. The van der Waals surface area contributed by atoms with E-state index in [-0.39, 0.29) is 16.6 Å². The van der Waals surface area contributed by atoms with Crippen LogP contribution in [0.2, 0.25) is 5.02 Å². The number of aryl methyl sites for hydroxylation is 1. The fourth-order valence-electron chi connectivity index (χ4n) is 2.91. The number of nitrogens with two attached hydrogens (primary N) is 1. The highest BCUT2D eigenvalue weighted by atomic mass is 35.5. The quantitative estimate of drug-likeness (QED) is 0.337. The van der Waals surface area contributed by atoms with E-state index in [1.165, 1.54) is 6.07 Å². The minimum Gasteiger partial charge on any atom is -0.506 e. The number of ketones is 1. The molecule has 0 fully saturated rings. The van der Waals surface area contributed by atoms with Gasteiger partial charge >= 0.3 is 0 Å². The van der Waals surface area contributed by atoms with Crippen molar-refractivity contribution in [1.29, 1.82) is 0 Å². The molecule has 0 radical (unpaired) electrons. The summed E-state index contributed by atoms with van der Waals surface area (Å²) in [4.78, 5) is 24.6. The van der Waals surface area contributed by atoms with E-state index in [0.717, 1.165) is 12.8 Å². The Balaban J connectivity index is 2.30. The number of hydrogen-bond donors (Lipinski definition) is 3. The first-order valence-electron chi connectivity index (χ1n) is 7.15. The van der Waals surface area contributed by atoms with Gasteiger partial charge in [-0.2, -0.15) is 5.10 Å². The molecule has 8 heteroatoms. The first-order valence-corrected chi connectivity index (χ1v) is 7.53. The van der Waals surface area contributed by atoms with Crippen molar-refractivity contribution in [2.45, 2.75) is 25.8 Å². The van der Waals surface area contributed by atoms with E-state index in [0.29, 0.717) is 41.5 Å². The maximum Gasteiger partial charge on any atom is 0.273 e. The lowest BCUT2D eigenvalue weighted by atomic mass is 10.0. The highest BCUT2D eigenvalue weighted by Crippen LogP contribution is 2.38. The number of aromatic nitrogens is 1. The van der Waals surface area contributed by atoms with Crippen molar-refractivity contribution in [1.82, 2.24) is 9.88 Å². The molecular formula is C15H15ClN4O3. The van der Waals surface area contributed by atoms with E-state index >= 15 is 0 Å². The second-order valence-corrected chi connectivity index (χ2v) is 5.71. The number of hydrogen-bond acceptors (Lipinski definition) is 5. The third-order valence-electron chi connectivity index (χ3n) is 3.93. The van der Waals surface area contributed by atoms with Gasteiger partial charge in [-0.05, 0) is 25.0 Å². The van der Waals surface area contributed by atoms with E-state index in [2.05, 4.69) is 10.4 Å². The van der Waals surface area contributed by atoms with Crippen LogP contribution in [0.1, 0.15) is 40.1 Å². The summed E-state index contributed by atoms with van der Waals surface area (Å²) in [5.41, 5.74) is 1.30. The molecule has 1 amide bonds. The number of phenols is 1. The SMILES string of the molecule is NN=CNC(=O)c1cc2c(Cl)c(O)cc3c2n1CCCCC3=O. The van der Waals surface area contributed by atoms with Gasteiger partial charge in [0.1, 0.15) is 17.8 Å². The third kappa shape index (κ3) is 2.53. The molecule has 3 rings (SSSR count). The molecule has 4 N–H and O–H groups in total. The molecule has 0 aliphatic carbocycles. The summed E-state index contributed by atoms with van der Waals surface area (Å²) in [7, 11) is 0. The summed E-state index contributed by atoms with van der Waals surface area (Å²) < 4.78 is 1.76. The number of phenolic OH excluding ortho intramolecular Hbond substituents is 1. The van der Waals surface area contributed by atoms with Crippen LogP contribution in [-0.2, 0) is 6.54 Å². The molecule has 1 aliphatic heterocycles. The minimum absolute atomic E-state index is 0.0727. The number of halogens is 1. The van der Waals surface area contributed by atoms with Gasteiger partial charge in [-0.1, -0.05) is 11.6 Å². The maximum absolute atomic E-state index is 12.4. The van der Waals surface area contributed by atoms with Gasteiger partial charge in [0.25, 0.3) is 5.91 Å². The zero-order valence-corrected chi connectivity index (χ0v) is 12.9. The average molecular weight is 335 g/mol. The molecule has 0 spiro atoms. The number of carbonyl (C=O) groups excluding carboxylic acids is 2. The van der Waals surface area contributed by atoms with Crippen LogP contribution in [0.3, 0.4) is 0 Å². The van der Waals surface area contributed by atoms with Crippen molar-refractivity contribution in [2.75, 3.05) is 0 Å².